The Balaban J connectivity index is 2.05. The van der Waals surface area contributed by atoms with E-state index in [1.54, 1.807) is 0 Å². The van der Waals surface area contributed by atoms with Crippen LogP contribution in [0, 0.1) is 0 Å². The molecule has 0 bridgehead atoms. The maximum Gasteiger partial charge on any atom is 0.0692 e. The zero-order chi connectivity index (χ0) is 9.52. The number of alkyl halides is 1. The van der Waals surface area contributed by atoms with Crippen molar-refractivity contribution in [2.24, 2.45) is 0 Å². The standard InChI is InChI=1S/C11H21IO/c1-2-3-6-9-13-11-8-5-4-7-10(11)12/h10-11H,2-9H2,1H3. The van der Waals surface area contributed by atoms with E-state index in [0.29, 0.717) is 6.10 Å². The molecule has 0 aromatic heterocycles. The van der Waals surface area contributed by atoms with Crippen LogP contribution >= 0.6 is 22.6 Å². The van der Waals surface area contributed by atoms with Crippen molar-refractivity contribution in [1.29, 1.82) is 0 Å². The van der Waals surface area contributed by atoms with E-state index < -0.39 is 0 Å². The molecule has 0 radical (unpaired) electrons. The van der Waals surface area contributed by atoms with Gasteiger partial charge in [0.25, 0.3) is 0 Å². The van der Waals surface area contributed by atoms with Gasteiger partial charge in [-0.2, -0.15) is 0 Å². The molecule has 2 heteroatoms. The molecule has 2 atom stereocenters. The molecule has 0 amide bonds. The molecule has 1 aliphatic carbocycles. The second-order valence-corrected chi connectivity index (χ2v) is 5.52. The van der Waals surface area contributed by atoms with Crippen molar-refractivity contribution < 1.29 is 4.74 Å². The van der Waals surface area contributed by atoms with E-state index in [1.807, 2.05) is 0 Å². The van der Waals surface area contributed by atoms with Gasteiger partial charge < -0.3 is 4.74 Å². The fourth-order valence-electron chi connectivity index (χ4n) is 1.83. The van der Waals surface area contributed by atoms with Crippen LogP contribution in [-0.4, -0.2) is 16.6 Å². The number of hydrogen-bond acceptors (Lipinski definition) is 1. The van der Waals surface area contributed by atoms with E-state index in [0.717, 1.165) is 10.5 Å². The summed E-state index contributed by atoms with van der Waals surface area (Å²) in [6.07, 6.45) is 9.85. The van der Waals surface area contributed by atoms with Gasteiger partial charge in [0.15, 0.2) is 0 Å². The van der Waals surface area contributed by atoms with Crippen LogP contribution in [0.3, 0.4) is 0 Å². The van der Waals surface area contributed by atoms with Gasteiger partial charge in [0.05, 0.1) is 6.10 Å². The molecule has 0 saturated heterocycles. The zero-order valence-corrected chi connectivity index (χ0v) is 10.8. The van der Waals surface area contributed by atoms with Gasteiger partial charge in [-0.1, -0.05) is 55.2 Å². The molecule has 1 nitrogen and oxygen atoms in total. The molecule has 0 aliphatic heterocycles. The Kier molecular flexibility index (Phi) is 6.37. The zero-order valence-electron chi connectivity index (χ0n) is 8.60. The van der Waals surface area contributed by atoms with Crippen molar-refractivity contribution in [1.82, 2.24) is 0 Å². The smallest absolute Gasteiger partial charge is 0.0692 e. The largest absolute Gasteiger partial charge is 0.377 e. The summed E-state index contributed by atoms with van der Waals surface area (Å²) < 4.78 is 6.66. The first-order valence-corrected chi connectivity index (χ1v) is 6.85. The van der Waals surface area contributed by atoms with Gasteiger partial charge in [-0.3, -0.25) is 0 Å². The minimum Gasteiger partial charge on any atom is -0.377 e. The molecule has 1 saturated carbocycles. The Morgan fingerprint density at radius 3 is 2.69 bits per heavy atom. The molecule has 1 aliphatic rings. The highest BCUT2D eigenvalue weighted by Gasteiger charge is 2.22. The van der Waals surface area contributed by atoms with E-state index in [4.69, 9.17) is 4.74 Å². The van der Waals surface area contributed by atoms with Gasteiger partial charge in [-0.25, -0.2) is 0 Å². The predicted molar refractivity (Wildman–Crippen MR) is 65.5 cm³/mol. The Morgan fingerprint density at radius 1 is 1.23 bits per heavy atom. The number of rotatable bonds is 5. The SMILES string of the molecule is CCCCCOC1CCCCC1I. The van der Waals surface area contributed by atoms with E-state index >= 15 is 0 Å². The topological polar surface area (TPSA) is 9.23 Å². The van der Waals surface area contributed by atoms with Gasteiger partial charge in [-0.05, 0) is 19.3 Å². The van der Waals surface area contributed by atoms with Crippen molar-refractivity contribution in [2.75, 3.05) is 6.61 Å². The van der Waals surface area contributed by atoms with Gasteiger partial charge >= 0.3 is 0 Å². The normalized spacial score (nSPS) is 29.1. The maximum atomic E-state index is 5.89. The summed E-state index contributed by atoms with van der Waals surface area (Å²) in [5, 5.41) is 0. The fourth-order valence-corrected chi connectivity index (χ4v) is 2.83. The van der Waals surface area contributed by atoms with Crippen LogP contribution in [0.25, 0.3) is 0 Å². The van der Waals surface area contributed by atoms with E-state index in [9.17, 15) is 0 Å². The van der Waals surface area contributed by atoms with Gasteiger partial charge in [-0.15, -0.1) is 0 Å². The fraction of sp³-hybridized carbons (Fsp3) is 1.00. The van der Waals surface area contributed by atoms with E-state index in [1.165, 1.54) is 44.9 Å². The van der Waals surface area contributed by atoms with Gasteiger partial charge in [0, 0.05) is 10.5 Å². The van der Waals surface area contributed by atoms with Crippen LogP contribution in [0.15, 0.2) is 0 Å². The second-order valence-electron chi connectivity index (χ2n) is 3.92. The van der Waals surface area contributed by atoms with Gasteiger partial charge in [0.2, 0.25) is 0 Å². The molecule has 0 N–H and O–H groups in total. The predicted octanol–water partition coefficient (Wildman–Crippen LogP) is 3.94. The summed E-state index contributed by atoms with van der Waals surface area (Å²) in [7, 11) is 0. The molecule has 1 rings (SSSR count). The number of unbranched alkanes of at least 4 members (excludes halogenated alkanes) is 2. The summed E-state index contributed by atoms with van der Waals surface area (Å²) in [5.41, 5.74) is 0. The first-order chi connectivity index (χ1) is 6.34. The molecule has 0 aromatic rings. The lowest BCUT2D eigenvalue weighted by molar-refractivity contribution is 0.0342. The summed E-state index contributed by atoms with van der Waals surface area (Å²) in [5.74, 6) is 0. The lowest BCUT2D eigenvalue weighted by atomic mass is 9.98. The Morgan fingerprint density at radius 2 is 2.00 bits per heavy atom. The molecule has 1 fully saturated rings. The maximum absolute atomic E-state index is 5.89. The first kappa shape index (κ1) is 11.8. The molecule has 78 valence electrons. The minimum atomic E-state index is 0.561. The summed E-state index contributed by atoms with van der Waals surface area (Å²) >= 11 is 2.55. The Labute approximate surface area is 95.8 Å². The lowest BCUT2D eigenvalue weighted by Gasteiger charge is -2.27. The Hall–Kier alpha value is 0.690. The molecule has 13 heavy (non-hydrogen) atoms. The molecule has 0 spiro atoms. The van der Waals surface area contributed by atoms with Crippen LogP contribution in [-0.2, 0) is 4.74 Å². The Bertz CT molecular complexity index is 127. The molecule has 0 aromatic carbocycles. The van der Waals surface area contributed by atoms with Gasteiger partial charge in [0.1, 0.15) is 0 Å². The summed E-state index contributed by atoms with van der Waals surface area (Å²) in [4.78, 5) is 0. The molecular formula is C11H21IO. The van der Waals surface area contributed by atoms with Crippen molar-refractivity contribution in [3.63, 3.8) is 0 Å². The lowest BCUT2D eigenvalue weighted by Crippen LogP contribution is -2.28. The average Bonchev–Trinajstić information content (AvgIpc) is 2.15. The van der Waals surface area contributed by atoms with Crippen LogP contribution < -0.4 is 0 Å². The van der Waals surface area contributed by atoms with Crippen LogP contribution in [0.1, 0.15) is 51.9 Å². The summed E-state index contributed by atoms with van der Waals surface area (Å²) in [6, 6.07) is 0. The average molecular weight is 296 g/mol. The molecule has 0 heterocycles. The van der Waals surface area contributed by atoms with E-state index in [-0.39, 0.29) is 0 Å². The first-order valence-electron chi connectivity index (χ1n) is 5.60. The number of ether oxygens (including phenoxy) is 1. The molecular weight excluding hydrogens is 275 g/mol. The van der Waals surface area contributed by atoms with Crippen LogP contribution in [0.5, 0.6) is 0 Å². The summed E-state index contributed by atoms with van der Waals surface area (Å²) in [6.45, 7) is 3.22. The van der Waals surface area contributed by atoms with Crippen LogP contribution in [0.4, 0.5) is 0 Å². The van der Waals surface area contributed by atoms with Crippen molar-refractivity contribution in [3.8, 4) is 0 Å². The third-order valence-electron chi connectivity index (χ3n) is 2.70. The third-order valence-corrected chi connectivity index (χ3v) is 4.13. The van der Waals surface area contributed by atoms with Crippen molar-refractivity contribution >= 4 is 22.6 Å². The highest BCUT2D eigenvalue weighted by Crippen LogP contribution is 2.27. The highest BCUT2D eigenvalue weighted by atomic mass is 127. The van der Waals surface area contributed by atoms with E-state index in [2.05, 4.69) is 29.5 Å². The molecule has 2 unspecified atom stereocenters. The van der Waals surface area contributed by atoms with Crippen molar-refractivity contribution in [3.05, 3.63) is 0 Å². The highest BCUT2D eigenvalue weighted by molar-refractivity contribution is 14.1. The number of hydrogen-bond donors (Lipinski definition) is 0. The van der Waals surface area contributed by atoms with Crippen LogP contribution in [0.2, 0.25) is 0 Å². The minimum absolute atomic E-state index is 0.561. The monoisotopic (exact) mass is 296 g/mol. The second kappa shape index (κ2) is 7.04. The van der Waals surface area contributed by atoms with Crippen molar-refractivity contribution in [2.45, 2.75) is 61.9 Å². The third kappa shape index (κ3) is 4.63. The number of halogens is 1. The quantitative estimate of drug-likeness (QED) is 0.424.